The number of hydrogen-bond donors (Lipinski definition) is 1. The van der Waals surface area contributed by atoms with Gasteiger partial charge in [-0.2, -0.15) is 0 Å². The zero-order valence-electron chi connectivity index (χ0n) is 13.7. The lowest BCUT2D eigenvalue weighted by Crippen LogP contribution is -2.48. The van der Waals surface area contributed by atoms with E-state index in [1.807, 2.05) is 11.8 Å². The Labute approximate surface area is 123 Å². The highest BCUT2D eigenvalue weighted by Crippen LogP contribution is 2.17. The van der Waals surface area contributed by atoms with Crippen LogP contribution in [0.25, 0.3) is 0 Å². The van der Waals surface area contributed by atoms with Gasteiger partial charge in [-0.1, -0.05) is 13.8 Å². The van der Waals surface area contributed by atoms with Crippen LogP contribution in [0.4, 0.5) is 4.79 Å². The molecule has 1 aliphatic rings. The van der Waals surface area contributed by atoms with Gasteiger partial charge in [0.1, 0.15) is 0 Å². The minimum absolute atomic E-state index is 0.168. The van der Waals surface area contributed by atoms with Crippen molar-refractivity contribution < 1.29 is 9.53 Å². The fraction of sp³-hybridized carbons (Fsp3) is 0.933. The SMILES string of the molecule is CCOC(=O)N1CCC(NCC(C)(C)CN(C)C)CC1. The summed E-state index contributed by atoms with van der Waals surface area (Å²) in [5.41, 5.74) is 0.266. The number of nitrogens with one attached hydrogen (secondary N) is 1. The van der Waals surface area contributed by atoms with Gasteiger partial charge in [0, 0.05) is 32.2 Å². The van der Waals surface area contributed by atoms with Crippen LogP contribution >= 0.6 is 0 Å². The second kappa shape index (κ2) is 7.84. The van der Waals surface area contributed by atoms with E-state index in [0.29, 0.717) is 12.6 Å². The molecule has 0 aliphatic carbocycles. The van der Waals surface area contributed by atoms with Gasteiger partial charge in [0.15, 0.2) is 0 Å². The first-order chi connectivity index (χ1) is 9.34. The van der Waals surface area contributed by atoms with Gasteiger partial charge in [0.2, 0.25) is 0 Å². The molecule has 0 aromatic rings. The van der Waals surface area contributed by atoms with E-state index in [1.54, 1.807) is 0 Å². The van der Waals surface area contributed by atoms with Crippen molar-refractivity contribution in [3.63, 3.8) is 0 Å². The summed E-state index contributed by atoms with van der Waals surface area (Å²) in [6.45, 7) is 10.5. The third-order valence-electron chi connectivity index (χ3n) is 3.63. The number of likely N-dealkylation sites (tertiary alicyclic amines) is 1. The minimum atomic E-state index is -0.168. The Balaban J connectivity index is 2.27. The van der Waals surface area contributed by atoms with Crippen molar-refractivity contribution in [1.29, 1.82) is 0 Å². The lowest BCUT2D eigenvalue weighted by Gasteiger charge is -2.35. The molecule has 5 nitrogen and oxygen atoms in total. The first-order valence-corrected chi connectivity index (χ1v) is 7.64. The van der Waals surface area contributed by atoms with Crippen molar-refractivity contribution >= 4 is 6.09 Å². The molecule has 1 heterocycles. The number of rotatable bonds is 6. The summed E-state index contributed by atoms with van der Waals surface area (Å²) in [5.74, 6) is 0. The Morgan fingerprint density at radius 3 is 2.45 bits per heavy atom. The molecular weight excluding hydrogens is 254 g/mol. The molecule has 0 unspecified atom stereocenters. The highest BCUT2D eigenvalue weighted by Gasteiger charge is 2.25. The molecule has 0 atom stereocenters. The predicted octanol–water partition coefficient (Wildman–Crippen LogP) is 1.78. The Hall–Kier alpha value is -0.810. The van der Waals surface area contributed by atoms with Crippen LogP contribution in [-0.2, 0) is 4.74 Å². The molecule has 0 bridgehead atoms. The van der Waals surface area contributed by atoms with E-state index < -0.39 is 0 Å². The van der Waals surface area contributed by atoms with Gasteiger partial charge in [-0.3, -0.25) is 0 Å². The fourth-order valence-corrected chi connectivity index (χ4v) is 2.81. The van der Waals surface area contributed by atoms with Crippen LogP contribution in [0.5, 0.6) is 0 Å². The Morgan fingerprint density at radius 1 is 1.35 bits per heavy atom. The number of ether oxygens (including phenoxy) is 1. The molecule has 1 amide bonds. The Morgan fingerprint density at radius 2 is 1.95 bits per heavy atom. The van der Waals surface area contributed by atoms with Crippen LogP contribution in [0, 0.1) is 5.41 Å². The molecule has 0 radical (unpaired) electrons. The van der Waals surface area contributed by atoms with Crippen molar-refractivity contribution in [3.8, 4) is 0 Å². The van der Waals surface area contributed by atoms with Gasteiger partial charge in [0.25, 0.3) is 0 Å². The maximum absolute atomic E-state index is 11.6. The molecule has 118 valence electrons. The third kappa shape index (κ3) is 6.09. The summed E-state index contributed by atoms with van der Waals surface area (Å²) < 4.78 is 5.04. The number of carbonyl (C=O) groups is 1. The normalized spacial score (nSPS) is 17.6. The van der Waals surface area contributed by atoms with Crippen LogP contribution < -0.4 is 5.32 Å². The Kier molecular flexibility index (Phi) is 6.76. The second-order valence-corrected chi connectivity index (χ2v) is 6.74. The van der Waals surface area contributed by atoms with Gasteiger partial charge < -0.3 is 19.9 Å². The molecule has 1 rings (SSSR count). The van der Waals surface area contributed by atoms with Crippen LogP contribution in [0.1, 0.15) is 33.6 Å². The average molecular weight is 285 g/mol. The minimum Gasteiger partial charge on any atom is -0.450 e. The molecule has 1 fully saturated rings. The molecule has 1 aliphatic heterocycles. The monoisotopic (exact) mass is 285 g/mol. The highest BCUT2D eigenvalue weighted by atomic mass is 16.6. The lowest BCUT2D eigenvalue weighted by molar-refractivity contribution is 0.0937. The molecule has 0 spiro atoms. The van der Waals surface area contributed by atoms with E-state index in [1.165, 1.54) is 0 Å². The number of carbonyl (C=O) groups excluding carboxylic acids is 1. The standard InChI is InChI=1S/C15H31N3O2/c1-6-20-14(19)18-9-7-13(8-10-18)16-11-15(2,3)12-17(4)5/h13,16H,6-12H2,1-5H3. The summed E-state index contributed by atoms with van der Waals surface area (Å²) in [5, 5.41) is 3.65. The van der Waals surface area contributed by atoms with Crippen molar-refractivity contribution in [2.75, 3.05) is 46.9 Å². The van der Waals surface area contributed by atoms with Crippen molar-refractivity contribution in [3.05, 3.63) is 0 Å². The van der Waals surface area contributed by atoms with Gasteiger partial charge in [-0.25, -0.2) is 4.79 Å². The van der Waals surface area contributed by atoms with E-state index in [9.17, 15) is 4.79 Å². The molecule has 0 aromatic heterocycles. The van der Waals surface area contributed by atoms with Crippen molar-refractivity contribution in [1.82, 2.24) is 15.1 Å². The molecule has 1 saturated heterocycles. The zero-order valence-corrected chi connectivity index (χ0v) is 13.7. The van der Waals surface area contributed by atoms with Crippen LogP contribution in [0.3, 0.4) is 0 Å². The maximum atomic E-state index is 11.6. The summed E-state index contributed by atoms with van der Waals surface area (Å²) in [4.78, 5) is 15.7. The van der Waals surface area contributed by atoms with Crippen molar-refractivity contribution in [2.45, 2.75) is 39.7 Å². The Bertz CT molecular complexity index is 297. The van der Waals surface area contributed by atoms with E-state index in [0.717, 1.165) is 39.0 Å². The van der Waals surface area contributed by atoms with Gasteiger partial charge in [-0.15, -0.1) is 0 Å². The smallest absolute Gasteiger partial charge is 0.409 e. The summed E-state index contributed by atoms with van der Waals surface area (Å²) in [7, 11) is 4.22. The fourth-order valence-electron chi connectivity index (χ4n) is 2.81. The third-order valence-corrected chi connectivity index (χ3v) is 3.63. The van der Waals surface area contributed by atoms with Crippen LogP contribution in [0.15, 0.2) is 0 Å². The summed E-state index contributed by atoms with van der Waals surface area (Å²) in [6, 6.07) is 0.516. The molecule has 5 heteroatoms. The predicted molar refractivity (Wildman–Crippen MR) is 82.0 cm³/mol. The van der Waals surface area contributed by atoms with Gasteiger partial charge in [-0.05, 0) is 39.3 Å². The average Bonchev–Trinajstić information content (AvgIpc) is 2.36. The first-order valence-electron chi connectivity index (χ1n) is 7.64. The number of hydrogen-bond acceptors (Lipinski definition) is 4. The molecule has 0 saturated carbocycles. The number of nitrogens with zero attached hydrogens (tertiary/aromatic N) is 2. The molecule has 1 N–H and O–H groups in total. The zero-order chi connectivity index (χ0) is 15.2. The summed E-state index contributed by atoms with van der Waals surface area (Å²) >= 11 is 0. The topological polar surface area (TPSA) is 44.8 Å². The lowest BCUT2D eigenvalue weighted by atomic mass is 9.92. The van der Waals surface area contributed by atoms with Crippen LogP contribution in [0.2, 0.25) is 0 Å². The van der Waals surface area contributed by atoms with Gasteiger partial charge in [0.05, 0.1) is 6.61 Å². The molecular formula is C15H31N3O2. The number of amides is 1. The largest absolute Gasteiger partial charge is 0.450 e. The van der Waals surface area contributed by atoms with E-state index in [4.69, 9.17) is 4.74 Å². The maximum Gasteiger partial charge on any atom is 0.409 e. The molecule has 20 heavy (non-hydrogen) atoms. The summed E-state index contributed by atoms with van der Waals surface area (Å²) in [6.07, 6.45) is 1.85. The van der Waals surface area contributed by atoms with Crippen molar-refractivity contribution in [2.24, 2.45) is 5.41 Å². The van der Waals surface area contributed by atoms with E-state index in [-0.39, 0.29) is 11.5 Å². The second-order valence-electron chi connectivity index (χ2n) is 6.74. The number of piperidine rings is 1. The quantitative estimate of drug-likeness (QED) is 0.808. The van der Waals surface area contributed by atoms with Crippen LogP contribution in [-0.4, -0.2) is 68.8 Å². The van der Waals surface area contributed by atoms with E-state index >= 15 is 0 Å². The van der Waals surface area contributed by atoms with Gasteiger partial charge >= 0.3 is 6.09 Å². The van der Waals surface area contributed by atoms with E-state index in [2.05, 4.69) is 38.2 Å². The first kappa shape index (κ1) is 17.2. The molecule has 0 aromatic carbocycles. The highest BCUT2D eigenvalue weighted by molar-refractivity contribution is 5.67.